The van der Waals surface area contributed by atoms with Crippen LogP contribution < -0.4 is 5.32 Å². The molecule has 0 saturated carbocycles. The predicted molar refractivity (Wildman–Crippen MR) is 60.1 cm³/mol. The molecule has 0 unspecified atom stereocenters. The number of hydrogen-bond acceptors (Lipinski definition) is 2. The molecular weight excluding hydrogens is 174 g/mol. The molecule has 0 aliphatic carbocycles. The summed E-state index contributed by atoms with van der Waals surface area (Å²) in [5.74, 6) is 0.733. The van der Waals surface area contributed by atoms with Gasteiger partial charge in [-0.15, -0.1) is 0 Å². The molecule has 78 valence electrons. The third-order valence-corrected chi connectivity index (χ3v) is 2.22. The molecule has 2 heteroatoms. The summed E-state index contributed by atoms with van der Waals surface area (Å²) in [5.41, 5.74) is 0. The molecule has 0 aromatic carbocycles. The van der Waals surface area contributed by atoms with Crippen molar-refractivity contribution in [1.29, 1.82) is 0 Å². The van der Waals surface area contributed by atoms with E-state index >= 15 is 0 Å². The molecule has 1 aliphatic heterocycles. The Hall–Kier alpha value is -1.02. The van der Waals surface area contributed by atoms with Gasteiger partial charge in [0.05, 0.1) is 0 Å². The van der Waals surface area contributed by atoms with Gasteiger partial charge in [-0.3, -0.25) is 0 Å². The largest absolute Gasteiger partial charge is 0.493 e. The summed E-state index contributed by atoms with van der Waals surface area (Å²) in [6.07, 6.45) is 10.2. The van der Waals surface area contributed by atoms with Crippen molar-refractivity contribution in [2.75, 3.05) is 13.2 Å². The molecule has 1 fully saturated rings. The molecule has 0 aromatic rings. The molecule has 1 saturated heterocycles. The highest BCUT2D eigenvalue weighted by atomic mass is 16.5. The van der Waals surface area contributed by atoms with Crippen LogP contribution in [0.4, 0.5) is 0 Å². The first kappa shape index (κ1) is 11.1. The highest BCUT2D eigenvalue weighted by Crippen LogP contribution is 2.07. The van der Waals surface area contributed by atoms with Gasteiger partial charge in [0, 0.05) is 6.04 Å². The maximum atomic E-state index is 5.49. The summed E-state index contributed by atoms with van der Waals surface area (Å²) in [4.78, 5) is 0. The summed E-state index contributed by atoms with van der Waals surface area (Å²) in [5, 5.41) is 3.38. The quantitative estimate of drug-likeness (QED) is 0.535. The van der Waals surface area contributed by atoms with Crippen molar-refractivity contribution < 1.29 is 4.74 Å². The predicted octanol–water partition coefficient (Wildman–Crippen LogP) is 2.40. The van der Waals surface area contributed by atoms with Crippen molar-refractivity contribution in [2.45, 2.75) is 25.8 Å². The van der Waals surface area contributed by atoms with Crippen LogP contribution in [-0.4, -0.2) is 19.2 Å². The van der Waals surface area contributed by atoms with Gasteiger partial charge in [-0.1, -0.05) is 24.8 Å². The second-order valence-electron chi connectivity index (χ2n) is 3.46. The molecule has 1 heterocycles. The lowest BCUT2D eigenvalue weighted by molar-refractivity contribution is 0.198. The third-order valence-electron chi connectivity index (χ3n) is 2.22. The number of nitrogens with one attached hydrogen (secondary N) is 1. The standard InChI is InChI=1S/C12H19NO/c1-3-4-5-7-11(2)14-10-12-8-6-9-13-12/h3-5,7,12-13H,2,6,8-10H2,1H3/b4-3-,7-5-/t12-/m1/s1. The smallest absolute Gasteiger partial charge is 0.112 e. The molecule has 14 heavy (non-hydrogen) atoms. The van der Waals surface area contributed by atoms with Crippen LogP contribution >= 0.6 is 0 Å². The molecule has 0 amide bonds. The van der Waals surface area contributed by atoms with Crippen LogP contribution in [0.15, 0.2) is 36.6 Å². The van der Waals surface area contributed by atoms with Gasteiger partial charge in [-0.2, -0.15) is 0 Å². The Labute approximate surface area is 86.3 Å². The number of allylic oxidation sites excluding steroid dienone is 4. The van der Waals surface area contributed by atoms with Gasteiger partial charge in [-0.25, -0.2) is 0 Å². The monoisotopic (exact) mass is 193 g/mol. The molecule has 0 radical (unpaired) electrons. The Morgan fingerprint density at radius 2 is 2.43 bits per heavy atom. The van der Waals surface area contributed by atoms with Gasteiger partial charge >= 0.3 is 0 Å². The van der Waals surface area contributed by atoms with E-state index in [4.69, 9.17) is 4.74 Å². The lowest BCUT2D eigenvalue weighted by Gasteiger charge is -2.11. The molecule has 2 nitrogen and oxygen atoms in total. The van der Waals surface area contributed by atoms with Gasteiger partial charge in [0.1, 0.15) is 12.4 Å². The zero-order valence-corrected chi connectivity index (χ0v) is 8.83. The van der Waals surface area contributed by atoms with Crippen molar-refractivity contribution in [3.05, 3.63) is 36.6 Å². The van der Waals surface area contributed by atoms with E-state index in [2.05, 4.69) is 11.9 Å². The Kier molecular flexibility index (Phi) is 5.08. The number of hydrogen-bond donors (Lipinski definition) is 1. The highest BCUT2D eigenvalue weighted by molar-refractivity contribution is 5.13. The van der Waals surface area contributed by atoms with Crippen molar-refractivity contribution in [1.82, 2.24) is 5.32 Å². The summed E-state index contributed by atoms with van der Waals surface area (Å²) in [7, 11) is 0. The molecule has 1 rings (SSSR count). The topological polar surface area (TPSA) is 21.3 Å². The molecule has 1 atom stereocenters. The number of ether oxygens (including phenoxy) is 1. The van der Waals surface area contributed by atoms with E-state index in [-0.39, 0.29) is 0 Å². The average molecular weight is 193 g/mol. The molecule has 1 N–H and O–H groups in total. The van der Waals surface area contributed by atoms with E-state index in [0.29, 0.717) is 6.04 Å². The molecule has 0 bridgehead atoms. The summed E-state index contributed by atoms with van der Waals surface area (Å²) < 4.78 is 5.49. The first-order chi connectivity index (χ1) is 6.83. The van der Waals surface area contributed by atoms with Crippen molar-refractivity contribution in [2.24, 2.45) is 0 Å². The summed E-state index contributed by atoms with van der Waals surface area (Å²) in [6, 6.07) is 0.516. The highest BCUT2D eigenvalue weighted by Gasteiger charge is 2.13. The third kappa shape index (κ3) is 4.28. The lowest BCUT2D eigenvalue weighted by Crippen LogP contribution is -2.26. The molecular formula is C12H19NO. The van der Waals surface area contributed by atoms with E-state index in [1.165, 1.54) is 12.8 Å². The fourth-order valence-electron chi connectivity index (χ4n) is 1.43. The Bertz CT molecular complexity index is 224. The van der Waals surface area contributed by atoms with E-state index in [9.17, 15) is 0 Å². The normalized spacial score (nSPS) is 22.2. The average Bonchev–Trinajstić information content (AvgIpc) is 2.68. The van der Waals surface area contributed by atoms with Crippen LogP contribution in [0.2, 0.25) is 0 Å². The molecule has 1 aliphatic rings. The maximum absolute atomic E-state index is 5.49. The van der Waals surface area contributed by atoms with Crippen LogP contribution in [0.5, 0.6) is 0 Å². The van der Waals surface area contributed by atoms with Crippen LogP contribution in [-0.2, 0) is 4.74 Å². The van der Waals surface area contributed by atoms with Crippen molar-refractivity contribution in [3.63, 3.8) is 0 Å². The zero-order chi connectivity index (χ0) is 10.2. The minimum absolute atomic E-state index is 0.516. The van der Waals surface area contributed by atoms with Crippen LogP contribution in [0.1, 0.15) is 19.8 Å². The summed E-state index contributed by atoms with van der Waals surface area (Å²) >= 11 is 0. The Morgan fingerprint density at radius 1 is 1.57 bits per heavy atom. The van der Waals surface area contributed by atoms with Gasteiger partial charge < -0.3 is 10.1 Å². The Morgan fingerprint density at radius 3 is 3.07 bits per heavy atom. The van der Waals surface area contributed by atoms with Crippen molar-refractivity contribution >= 4 is 0 Å². The second kappa shape index (κ2) is 6.44. The van der Waals surface area contributed by atoms with Crippen LogP contribution in [0.25, 0.3) is 0 Å². The van der Waals surface area contributed by atoms with Gasteiger partial charge in [-0.05, 0) is 32.4 Å². The second-order valence-corrected chi connectivity index (χ2v) is 3.46. The minimum Gasteiger partial charge on any atom is -0.493 e. The minimum atomic E-state index is 0.516. The van der Waals surface area contributed by atoms with E-state index < -0.39 is 0 Å². The SMILES string of the molecule is C=C(/C=C\C=C/C)OC[C@H]1CCCN1. The van der Waals surface area contributed by atoms with E-state index in [1.807, 2.05) is 31.2 Å². The first-order valence-corrected chi connectivity index (χ1v) is 5.17. The van der Waals surface area contributed by atoms with E-state index in [1.54, 1.807) is 0 Å². The fraction of sp³-hybridized carbons (Fsp3) is 0.500. The van der Waals surface area contributed by atoms with Gasteiger partial charge in [0.25, 0.3) is 0 Å². The van der Waals surface area contributed by atoms with Gasteiger partial charge in [0.2, 0.25) is 0 Å². The Balaban J connectivity index is 2.13. The summed E-state index contributed by atoms with van der Waals surface area (Å²) in [6.45, 7) is 7.65. The fourth-order valence-corrected chi connectivity index (χ4v) is 1.43. The number of rotatable bonds is 5. The lowest BCUT2D eigenvalue weighted by atomic mass is 10.2. The molecule has 0 spiro atoms. The van der Waals surface area contributed by atoms with Crippen LogP contribution in [0.3, 0.4) is 0 Å². The first-order valence-electron chi connectivity index (χ1n) is 5.17. The van der Waals surface area contributed by atoms with Gasteiger partial charge in [0.15, 0.2) is 0 Å². The molecule has 0 aromatic heterocycles. The van der Waals surface area contributed by atoms with Crippen LogP contribution in [0, 0.1) is 0 Å². The zero-order valence-electron chi connectivity index (χ0n) is 8.83. The van der Waals surface area contributed by atoms with E-state index in [0.717, 1.165) is 18.9 Å². The maximum Gasteiger partial charge on any atom is 0.112 e. The van der Waals surface area contributed by atoms with Crippen molar-refractivity contribution in [3.8, 4) is 0 Å².